The van der Waals surface area contributed by atoms with Crippen molar-refractivity contribution in [3.05, 3.63) is 88.8 Å². The van der Waals surface area contributed by atoms with Crippen molar-refractivity contribution in [2.45, 2.75) is 16.1 Å². The van der Waals surface area contributed by atoms with E-state index in [4.69, 9.17) is 0 Å². The van der Waals surface area contributed by atoms with E-state index in [-0.39, 0.29) is 5.43 Å². The van der Waals surface area contributed by atoms with Gasteiger partial charge in [0.1, 0.15) is 5.03 Å². The first-order chi connectivity index (χ1) is 13.4. The Labute approximate surface area is 162 Å². The van der Waals surface area contributed by atoms with E-state index in [9.17, 15) is 18.0 Å². The van der Waals surface area contributed by atoms with Crippen molar-refractivity contribution in [1.29, 1.82) is 0 Å². The maximum atomic E-state index is 12.7. The van der Waals surface area contributed by atoms with Gasteiger partial charge in [-0.1, -0.05) is 23.9 Å². The largest absolute Gasteiger partial charge is 0.416 e. The summed E-state index contributed by atoms with van der Waals surface area (Å²) in [6.45, 7) is 0. The van der Waals surface area contributed by atoms with Crippen LogP contribution in [0, 0.1) is 0 Å². The van der Waals surface area contributed by atoms with E-state index in [0.29, 0.717) is 20.8 Å². The lowest BCUT2D eigenvalue weighted by Crippen LogP contribution is -2.03. The van der Waals surface area contributed by atoms with E-state index in [0.717, 1.165) is 23.3 Å². The number of nitrogens with zero attached hydrogens (tertiary/aromatic N) is 1. The molecule has 0 fully saturated rings. The first-order valence-corrected chi connectivity index (χ1v) is 9.15. The summed E-state index contributed by atoms with van der Waals surface area (Å²) >= 11 is 1.29. The zero-order chi connectivity index (χ0) is 19.7. The Morgan fingerprint density at radius 3 is 2.50 bits per heavy atom. The molecule has 0 atom stereocenters. The smallest absolute Gasteiger partial charge is 0.361 e. The molecular formula is C21H13F3N2OS. The lowest BCUT2D eigenvalue weighted by Gasteiger charge is -2.10. The summed E-state index contributed by atoms with van der Waals surface area (Å²) in [5, 5.41) is 1.26. The van der Waals surface area contributed by atoms with Crippen LogP contribution in [0.15, 0.2) is 87.8 Å². The predicted octanol–water partition coefficient (Wildman–Crippen LogP) is 5.76. The molecule has 2 heterocycles. The molecule has 2 aromatic carbocycles. The molecule has 0 amide bonds. The van der Waals surface area contributed by atoms with Gasteiger partial charge in [-0.15, -0.1) is 0 Å². The van der Waals surface area contributed by atoms with Gasteiger partial charge >= 0.3 is 6.18 Å². The summed E-state index contributed by atoms with van der Waals surface area (Å²) in [5.74, 6) is 0. The molecule has 7 heteroatoms. The molecule has 4 aromatic rings. The Morgan fingerprint density at radius 2 is 1.75 bits per heavy atom. The average molecular weight is 398 g/mol. The molecule has 1 N–H and O–H groups in total. The molecule has 0 saturated heterocycles. The molecule has 4 rings (SSSR count). The number of pyridine rings is 2. The average Bonchev–Trinajstić information content (AvgIpc) is 2.68. The van der Waals surface area contributed by atoms with Gasteiger partial charge in [0, 0.05) is 39.8 Å². The molecule has 0 aliphatic carbocycles. The molecule has 28 heavy (non-hydrogen) atoms. The first-order valence-electron chi connectivity index (χ1n) is 8.34. The predicted molar refractivity (Wildman–Crippen MR) is 103 cm³/mol. The molecule has 0 aliphatic heterocycles. The highest BCUT2D eigenvalue weighted by molar-refractivity contribution is 7.99. The fourth-order valence-electron chi connectivity index (χ4n) is 2.86. The molecule has 3 nitrogen and oxygen atoms in total. The van der Waals surface area contributed by atoms with Crippen LogP contribution in [0.1, 0.15) is 5.56 Å². The van der Waals surface area contributed by atoms with Gasteiger partial charge in [0.2, 0.25) is 0 Å². The number of H-pyrrole nitrogens is 1. The molecule has 0 saturated carbocycles. The topological polar surface area (TPSA) is 45.8 Å². The number of alkyl halides is 3. The maximum Gasteiger partial charge on any atom is 0.416 e. The van der Waals surface area contributed by atoms with Crippen LogP contribution in [0.5, 0.6) is 0 Å². The number of aromatic nitrogens is 2. The van der Waals surface area contributed by atoms with Gasteiger partial charge in [0.05, 0.1) is 5.56 Å². The van der Waals surface area contributed by atoms with Crippen molar-refractivity contribution < 1.29 is 13.2 Å². The SMILES string of the molecule is O=c1cc[nH]c2cc(-c3cccnc3Sc3ccc(C(F)(F)F)cc3)ccc12. The minimum atomic E-state index is -4.36. The third kappa shape index (κ3) is 3.66. The molecule has 0 bridgehead atoms. The fraction of sp³-hybridized carbons (Fsp3) is 0.0476. The molecule has 0 spiro atoms. The molecular weight excluding hydrogens is 385 g/mol. The molecule has 0 aliphatic rings. The van der Waals surface area contributed by atoms with E-state index >= 15 is 0 Å². The van der Waals surface area contributed by atoms with Gasteiger partial charge in [-0.3, -0.25) is 4.79 Å². The van der Waals surface area contributed by atoms with Crippen molar-refractivity contribution in [1.82, 2.24) is 9.97 Å². The van der Waals surface area contributed by atoms with Gasteiger partial charge in [0.15, 0.2) is 5.43 Å². The summed E-state index contributed by atoms with van der Waals surface area (Å²) in [5.41, 5.74) is 1.65. The highest BCUT2D eigenvalue weighted by Crippen LogP contribution is 2.36. The molecule has 140 valence electrons. The number of halogens is 3. The number of benzene rings is 2. The second-order valence-corrected chi connectivity index (χ2v) is 7.14. The van der Waals surface area contributed by atoms with Crippen LogP contribution in [-0.4, -0.2) is 9.97 Å². The Hall–Kier alpha value is -3.06. The van der Waals surface area contributed by atoms with Crippen molar-refractivity contribution in [2.75, 3.05) is 0 Å². The van der Waals surface area contributed by atoms with E-state index < -0.39 is 11.7 Å². The maximum absolute atomic E-state index is 12.7. The molecule has 0 unspecified atom stereocenters. The van der Waals surface area contributed by atoms with E-state index in [1.807, 2.05) is 18.2 Å². The Balaban J connectivity index is 1.70. The van der Waals surface area contributed by atoms with Crippen molar-refractivity contribution in [3.63, 3.8) is 0 Å². The van der Waals surface area contributed by atoms with E-state index in [2.05, 4.69) is 9.97 Å². The van der Waals surface area contributed by atoms with Crippen LogP contribution in [0.2, 0.25) is 0 Å². The van der Waals surface area contributed by atoms with Crippen molar-refractivity contribution in [2.24, 2.45) is 0 Å². The lowest BCUT2D eigenvalue weighted by atomic mass is 10.1. The quantitative estimate of drug-likeness (QED) is 0.477. The van der Waals surface area contributed by atoms with Crippen LogP contribution >= 0.6 is 11.8 Å². The Morgan fingerprint density at radius 1 is 0.964 bits per heavy atom. The summed E-state index contributed by atoms with van der Waals surface area (Å²) in [4.78, 5) is 20.0. The zero-order valence-electron chi connectivity index (χ0n) is 14.3. The van der Waals surface area contributed by atoms with Crippen molar-refractivity contribution >= 4 is 22.7 Å². The third-order valence-electron chi connectivity index (χ3n) is 4.24. The number of aromatic amines is 1. The standard InChI is InChI=1S/C21H13F3N2OS/c22-21(23,24)14-4-6-15(7-5-14)28-20-16(2-1-10-26-20)13-3-8-17-18(12-13)25-11-9-19(17)27/h1-12H,(H,25,27). The number of rotatable bonds is 3. The van der Waals surface area contributed by atoms with Crippen LogP contribution in [0.4, 0.5) is 13.2 Å². The molecule has 2 aromatic heterocycles. The minimum Gasteiger partial charge on any atom is -0.361 e. The van der Waals surface area contributed by atoms with Gasteiger partial charge in [-0.25, -0.2) is 4.98 Å². The van der Waals surface area contributed by atoms with Gasteiger partial charge < -0.3 is 4.98 Å². The lowest BCUT2D eigenvalue weighted by molar-refractivity contribution is -0.137. The highest BCUT2D eigenvalue weighted by Gasteiger charge is 2.30. The van der Waals surface area contributed by atoms with Crippen LogP contribution in [-0.2, 0) is 6.18 Å². The normalized spacial score (nSPS) is 11.7. The summed E-state index contributed by atoms with van der Waals surface area (Å²) in [6.07, 6.45) is -1.13. The minimum absolute atomic E-state index is 0.0640. The molecule has 0 radical (unpaired) electrons. The Bertz CT molecular complexity index is 1200. The van der Waals surface area contributed by atoms with Gasteiger partial charge in [-0.2, -0.15) is 13.2 Å². The third-order valence-corrected chi connectivity index (χ3v) is 5.26. The van der Waals surface area contributed by atoms with Crippen LogP contribution < -0.4 is 5.43 Å². The number of hydrogen-bond acceptors (Lipinski definition) is 3. The van der Waals surface area contributed by atoms with Crippen LogP contribution in [0.3, 0.4) is 0 Å². The van der Waals surface area contributed by atoms with Gasteiger partial charge in [-0.05, 0) is 48.0 Å². The van der Waals surface area contributed by atoms with Crippen molar-refractivity contribution in [3.8, 4) is 11.1 Å². The monoisotopic (exact) mass is 398 g/mol. The summed E-state index contributed by atoms with van der Waals surface area (Å²) in [6, 6.07) is 15.6. The van der Waals surface area contributed by atoms with E-state index in [1.165, 1.54) is 30.0 Å². The highest BCUT2D eigenvalue weighted by atomic mass is 32.2. The second-order valence-electron chi connectivity index (χ2n) is 6.08. The van der Waals surface area contributed by atoms with Gasteiger partial charge in [0.25, 0.3) is 0 Å². The number of fused-ring (bicyclic) bond motifs is 1. The number of nitrogens with one attached hydrogen (secondary N) is 1. The number of hydrogen-bond donors (Lipinski definition) is 1. The fourth-order valence-corrected chi connectivity index (χ4v) is 3.76. The van der Waals surface area contributed by atoms with E-state index in [1.54, 1.807) is 24.5 Å². The second kappa shape index (κ2) is 7.16. The zero-order valence-corrected chi connectivity index (χ0v) is 15.1. The first kappa shape index (κ1) is 18.3. The summed E-state index contributed by atoms with van der Waals surface area (Å²) < 4.78 is 38.2. The van der Waals surface area contributed by atoms with Crippen LogP contribution in [0.25, 0.3) is 22.0 Å². The Kier molecular flexibility index (Phi) is 4.68. The summed E-state index contributed by atoms with van der Waals surface area (Å²) in [7, 11) is 0.